The van der Waals surface area contributed by atoms with Gasteiger partial charge in [-0.2, -0.15) is 0 Å². The van der Waals surface area contributed by atoms with E-state index in [4.69, 9.17) is 4.42 Å². The molecule has 0 N–H and O–H groups in total. The maximum Gasteiger partial charge on any atom is 0.143 e. The topological polar surface area (TPSA) is 13.1 Å². The highest BCUT2D eigenvalue weighted by molar-refractivity contribution is 6.21. The van der Waals surface area contributed by atoms with Gasteiger partial charge in [0.1, 0.15) is 11.2 Å². The number of fused-ring (bicyclic) bond motifs is 9. The molecule has 0 atom stereocenters. The van der Waals surface area contributed by atoms with Crippen LogP contribution in [0.5, 0.6) is 0 Å². The highest BCUT2D eigenvalue weighted by Crippen LogP contribution is 2.51. The molecule has 0 amide bonds. The summed E-state index contributed by atoms with van der Waals surface area (Å²) in [6.45, 7) is 4.73. The molecule has 1 aliphatic carbocycles. The summed E-state index contributed by atoms with van der Waals surface area (Å²) < 4.78 is 6.42. The van der Waals surface area contributed by atoms with Crippen molar-refractivity contribution in [1.82, 2.24) is 0 Å². The molecule has 1 heteroatoms. The first-order chi connectivity index (χ1) is 28.5. The zero-order chi connectivity index (χ0) is 38.5. The van der Waals surface area contributed by atoms with Gasteiger partial charge in [0.05, 0.1) is 0 Å². The Morgan fingerprint density at radius 1 is 0.328 bits per heavy atom. The first kappa shape index (κ1) is 33.0. The minimum absolute atomic E-state index is 0.0580. The Morgan fingerprint density at radius 2 is 0.845 bits per heavy atom. The molecule has 1 heterocycles. The molecule has 1 aromatic heterocycles. The van der Waals surface area contributed by atoms with Crippen LogP contribution in [0, 0.1) is 0 Å². The quantitative estimate of drug-likeness (QED) is 0.164. The monoisotopic (exact) mass is 738 g/mol. The highest BCUT2D eigenvalue weighted by Gasteiger charge is 2.36. The van der Waals surface area contributed by atoms with Crippen molar-refractivity contribution in [2.75, 3.05) is 0 Å². The average Bonchev–Trinajstić information content (AvgIpc) is 3.76. The number of benzene rings is 10. The molecule has 0 unspecified atom stereocenters. The zero-order valence-corrected chi connectivity index (χ0v) is 32.4. The second-order valence-corrected chi connectivity index (χ2v) is 16.4. The van der Waals surface area contributed by atoms with E-state index in [0.717, 1.165) is 33.1 Å². The fourth-order valence-corrected chi connectivity index (χ4v) is 10.0. The third kappa shape index (κ3) is 4.83. The predicted octanol–water partition coefficient (Wildman–Crippen LogP) is 16.0. The average molecular weight is 739 g/mol. The Balaban J connectivity index is 0.984. The molecule has 58 heavy (non-hydrogen) atoms. The van der Waals surface area contributed by atoms with E-state index >= 15 is 0 Å². The fourth-order valence-electron chi connectivity index (χ4n) is 10.0. The van der Waals surface area contributed by atoms with Crippen molar-refractivity contribution in [2.45, 2.75) is 19.3 Å². The van der Waals surface area contributed by atoms with Crippen molar-refractivity contribution >= 4 is 54.3 Å². The van der Waals surface area contributed by atoms with E-state index in [9.17, 15) is 0 Å². The third-order valence-electron chi connectivity index (χ3n) is 12.8. The van der Waals surface area contributed by atoms with Gasteiger partial charge in [-0.1, -0.05) is 178 Å². The van der Waals surface area contributed by atoms with E-state index in [0.29, 0.717) is 0 Å². The van der Waals surface area contributed by atoms with Gasteiger partial charge >= 0.3 is 0 Å². The molecule has 1 aliphatic rings. The lowest BCUT2D eigenvalue weighted by Gasteiger charge is -2.22. The summed E-state index contributed by atoms with van der Waals surface area (Å²) in [5, 5.41) is 9.88. The van der Waals surface area contributed by atoms with Gasteiger partial charge in [0.2, 0.25) is 0 Å². The summed E-state index contributed by atoms with van der Waals surface area (Å²) in [6, 6.07) is 71.5. The molecule has 0 fully saturated rings. The van der Waals surface area contributed by atoms with Crippen LogP contribution in [0.4, 0.5) is 0 Å². The van der Waals surface area contributed by atoms with Gasteiger partial charge < -0.3 is 4.42 Å². The van der Waals surface area contributed by atoms with Gasteiger partial charge in [0, 0.05) is 21.8 Å². The van der Waals surface area contributed by atoms with Crippen LogP contribution in [0.1, 0.15) is 25.0 Å². The highest BCUT2D eigenvalue weighted by atomic mass is 16.3. The number of hydrogen-bond donors (Lipinski definition) is 0. The minimum Gasteiger partial charge on any atom is -0.455 e. The molecular weight excluding hydrogens is 701 g/mol. The number of furan rings is 1. The summed E-state index contributed by atoms with van der Waals surface area (Å²) >= 11 is 0. The van der Waals surface area contributed by atoms with E-state index in [1.807, 2.05) is 12.1 Å². The van der Waals surface area contributed by atoms with Gasteiger partial charge in [-0.05, 0) is 124 Å². The molecule has 12 rings (SSSR count). The van der Waals surface area contributed by atoms with Crippen LogP contribution in [0.15, 0.2) is 199 Å². The van der Waals surface area contributed by atoms with Gasteiger partial charge in [-0.15, -0.1) is 0 Å². The van der Waals surface area contributed by atoms with Crippen LogP contribution in [-0.4, -0.2) is 0 Å². The normalized spacial score (nSPS) is 13.1. The van der Waals surface area contributed by atoms with E-state index < -0.39 is 0 Å². The largest absolute Gasteiger partial charge is 0.455 e. The van der Waals surface area contributed by atoms with Crippen molar-refractivity contribution in [2.24, 2.45) is 0 Å². The van der Waals surface area contributed by atoms with E-state index in [1.54, 1.807) is 0 Å². The molecule has 0 saturated carbocycles. The van der Waals surface area contributed by atoms with Crippen LogP contribution < -0.4 is 0 Å². The molecule has 1 nitrogen and oxygen atoms in total. The predicted molar refractivity (Wildman–Crippen MR) is 246 cm³/mol. The smallest absolute Gasteiger partial charge is 0.143 e. The second-order valence-electron chi connectivity index (χ2n) is 16.4. The number of hydrogen-bond acceptors (Lipinski definition) is 1. The van der Waals surface area contributed by atoms with E-state index in [2.05, 4.69) is 196 Å². The maximum absolute atomic E-state index is 6.42. The van der Waals surface area contributed by atoms with Crippen molar-refractivity contribution in [1.29, 1.82) is 0 Å². The molecule has 0 saturated heterocycles. The van der Waals surface area contributed by atoms with E-state index in [1.165, 1.54) is 88.0 Å². The zero-order valence-electron chi connectivity index (χ0n) is 32.4. The molecule has 0 aliphatic heterocycles. The third-order valence-corrected chi connectivity index (χ3v) is 12.8. The summed E-state index contributed by atoms with van der Waals surface area (Å²) in [7, 11) is 0. The summed E-state index contributed by atoms with van der Waals surface area (Å²) in [6.07, 6.45) is 0. The van der Waals surface area contributed by atoms with Crippen LogP contribution >= 0.6 is 0 Å². The SMILES string of the molecule is CC1(C)c2ccc(-c3cccc(-c4c5ccccc5c(-c5ccc(-c6cccc7c6oc6ccccc67)cc5)c5ccccc45)c3)cc2-c2cc3ccccc3cc21. The first-order valence-corrected chi connectivity index (χ1v) is 20.2. The van der Waals surface area contributed by atoms with Crippen molar-refractivity contribution in [3.8, 4) is 55.6 Å². The van der Waals surface area contributed by atoms with Crippen LogP contribution in [0.3, 0.4) is 0 Å². The van der Waals surface area contributed by atoms with Crippen molar-refractivity contribution < 1.29 is 4.42 Å². The van der Waals surface area contributed by atoms with E-state index in [-0.39, 0.29) is 5.41 Å². The maximum atomic E-state index is 6.42. The molecule has 10 aromatic carbocycles. The molecule has 0 spiro atoms. The number of para-hydroxylation sites is 2. The summed E-state index contributed by atoms with van der Waals surface area (Å²) in [4.78, 5) is 0. The molecule has 272 valence electrons. The summed E-state index contributed by atoms with van der Waals surface area (Å²) in [5.41, 5.74) is 16.9. The fraction of sp³-hybridized carbons (Fsp3) is 0.0526. The lowest BCUT2D eigenvalue weighted by Crippen LogP contribution is -2.14. The molecule has 0 bridgehead atoms. The van der Waals surface area contributed by atoms with Gasteiger partial charge in [0.25, 0.3) is 0 Å². The standard InChI is InChI=1S/C57H38O/c1-57(2)51-30-29-40(33-49(51)50-32-38-13-3-4-14-39(38)34-52(50)57)37-15-11-16-41(31-37)55-46-20-7-5-18-44(46)54(45-19-6-8-21-47(45)55)36-27-25-35(26-28-36)42-22-12-23-48-43-17-9-10-24-53(43)58-56(42)48/h3-34H,1-2H3. The van der Waals surface area contributed by atoms with Crippen LogP contribution in [0.25, 0.3) is 110 Å². The van der Waals surface area contributed by atoms with Gasteiger partial charge in [-0.25, -0.2) is 0 Å². The lowest BCUT2D eigenvalue weighted by atomic mass is 9.81. The van der Waals surface area contributed by atoms with Gasteiger partial charge in [-0.3, -0.25) is 0 Å². The van der Waals surface area contributed by atoms with Crippen molar-refractivity contribution in [3.05, 3.63) is 205 Å². The Kier molecular flexibility index (Phi) is 7.04. The van der Waals surface area contributed by atoms with Crippen molar-refractivity contribution in [3.63, 3.8) is 0 Å². The Bertz CT molecular complexity index is 3410. The second kappa shape index (κ2) is 12.4. The minimum atomic E-state index is -0.0580. The number of rotatable bonds is 4. The van der Waals surface area contributed by atoms with Crippen LogP contribution in [-0.2, 0) is 5.41 Å². The summed E-state index contributed by atoms with van der Waals surface area (Å²) in [5.74, 6) is 0. The molecule has 0 radical (unpaired) electrons. The van der Waals surface area contributed by atoms with Gasteiger partial charge in [0.15, 0.2) is 0 Å². The Morgan fingerprint density at radius 3 is 1.57 bits per heavy atom. The first-order valence-electron chi connectivity index (χ1n) is 20.2. The van der Waals surface area contributed by atoms with Crippen LogP contribution in [0.2, 0.25) is 0 Å². The Hall–Kier alpha value is -7.22. The lowest BCUT2D eigenvalue weighted by molar-refractivity contribution is 0.661. The Labute approximate surface area is 337 Å². The molecule has 11 aromatic rings. The molecular formula is C57H38O.